The van der Waals surface area contributed by atoms with Crippen LogP contribution in [-0.4, -0.2) is 20.8 Å². The highest BCUT2D eigenvalue weighted by atomic mass is 32.1. The lowest BCUT2D eigenvalue weighted by Gasteiger charge is -2.11. The van der Waals surface area contributed by atoms with Crippen molar-refractivity contribution in [3.63, 3.8) is 0 Å². The minimum Gasteiger partial charge on any atom is -0.375 e. The molecule has 7 nitrogen and oxygen atoms in total. The monoisotopic (exact) mass is 393 g/mol. The Morgan fingerprint density at radius 1 is 1.14 bits per heavy atom. The summed E-state index contributed by atoms with van der Waals surface area (Å²) in [5.74, 6) is 0. The molecule has 28 heavy (non-hydrogen) atoms. The van der Waals surface area contributed by atoms with Crippen LogP contribution in [0.25, 0.3) is 16.8 Å². The molecule has 0 atom stereocenters. The molecule has 8 heteroatoms. The number of aromatic nitrogens is 1. The smallest absolute Gasteiger partial charge is 0.269 e. The molecule has 0 amide bonds. The molecule has 0 spiro atoms. The highest BCUT2D eigenvalue weighted by Gasteiger charge is 2.10. The van der Waals surface area contributed by atoms with Crippen LogP contribution in [0, 0.1) is 24.0 Å². The van der Waals surface area contributed by atoms with E-state index in [0.717, 1.165) is 33.8 Å². The molecule has 1 aromatic heterocycles. The SMILES string of the molecule is Cc1cc(/C=N\NC(N)=S)c(C)n1-c1ccc(-c2ccc([N+](=O)[O-])cc2)cc1. The number of nitro groups is 1. The zero-order chi connectivity index (χ0) is 20.3. The van der Waals surface area contributed by atoms with Crippen molar-refractivity contribution in [2.24, 2.45) is 10.8 Å². The number of hydrogen-bond acceptors (Lipinski definition) is 4. The van der Waals surface area contributed by atoms with Crippen molar-refractivity contribution in [2.75, 3.05) is 0 Å². The summed E-state index contributed by atoms with van der Waals surface area (Å²) in [6.45, 7) is 4.04. The Labute approximate surface area is 167 Å². The number of nitrogens with two attached hydrogens (primary N) is 1. The van der Waals surface area contributed by atoms with Gasteiger partial charge in [0.05, 0.1) is 11.1 Å². The number of rotatable bonds is 5. The molecule has 142 valence electrons. The number of hydrogen-bond donors (Lipinski definition) is 2. The van der Waals surface area contributed by atoms with E-state index in [1.165, 1.54) is 12.1 Å². The number of hydrazone groups is 1. The standard InChI is InChI=1S/C20H19N5O2S/c1-13-11-17(12-22-23-20(21)28)14(2)24(13)18-7-3-15(4-8-18)16-5-9-19(10-6-16)25(26)27/h3-12H,1-2H3,(H3,21,23,28)/b22-12-. The molecule has 0 radical (unpaired) electrons. The van der Waals surface area contributed by atoms with Crippen molar-refractivity contribution in [1.82, 2.24) is 9.99 Å². The third-order valence-electron chi connectivity index (χ3n) is 4.39. The Kier molecular flexibility index (Phi) is 5.51. The van der Waals surface area contributed by atoms with E-state index in [4.69, 9.17) is 18.0 Å². The summed E-state index contributed by atoms with van der Waals surface area (Å²) in [5, 5.41) is 14.9. The van der Waals surface area contributed by atoms with Gasteiger partial charge < -0.3 is 10.3 Å². The summed E-state index contributed by atoms with van der Waals surface area (Å²) >= 11 is 4.74. The van der Waals surface area contributed by atoms with E-state index >= 15 is 0 Å². The lowest BCUT2D eigenvalue weighted by Crippen LogP contribution is -2.24. The van der Waals surface area contributed by atoms with Crippen LogP contribution >= 0.6 is 12.2 Å². The zero-order valence-electron chi connectivity index (χ0n) is 15.4. The summed E-state index contributed by atoms with van der Waals surface area (Å²) in [6, 6.07) is 16.6. The molecular formula is C20H19N5O2S. The van der Waals surface area contributed by atoms with Gasteiger partial charge in [-0.25, -0.2) is 0 Å². The zero-order valence-corrected chi connectivity index (χ0v) is 16.2. The Morgan fingerprint density at radius 3 is 2.25 bits per heavy atom. The molecule has 1 heterocycles. The van der Waals surface area contributed by atoms with Gasteiger partial charge in [0.2, 0.25) is 0 Å². The van der Waals surface area contributed by atoms with Gasteiger partial charge in [0.25, 0.3) is 5.69 Å². The van der Waals surface area contributed by atoms with E-state index in [9.17, 15) is 10.1 Å². The summed E-state index contributed by atoms with van der Waals surface area (Å²) in [6.07, 6.45) is 1.68. The number of non-ortho nitro benzene ring substituents is 1. The van der Waals surface area contributed by atoms with Gasteiger partial charge in [-0.1, -0.05) is 12.1 Å². The van der Waals surface area contributed by atoms with Gasteiger partial charge in [0, 0.05) is 34.8 Å². The Morgan fingerprint density at radius 2 is 1.71 bits per heavy atom. The van der Waals surface area contributed by atoms with Gasteiger partial charge in [-0.2, -0.15) is 5.10 Å². The lowest BCUT2D eigenvalue weighted by atomic mass is 10.0. The fraction of sp³-hybridized carbons (Fsp3) is 0.100. The molecule has 0 aliphatic carbocycles. The second kappa shape index (κ2) is 8.01. The molecule has 0 aliphatic heterocycles. The van der Waals surface area contributed by atoms with Crippen LogP contribution in [0.5, 0.6) is 0 Å². The molecule has 0 unspecified atom stereocenters. The molecule has 0 saturated carbocycles. The van der Waals surface area contributed by atoms with Crippen molar-refractivity contribution in [2.45, 2.75) is 13.8 Å². The maximum atomic E-state index is 10.8. The highest BCUT2D eigenvalue weighted by molar-refractivity contribution is 7.80. The van der Waals surface area contributed by atoms with E-state index in [0.29, 0.717) is 0 Å². The first kappa shape index (κ1) is 19.2. The number of aryl methyl sites for hydroxylation is 1. The number of nitrogens with zero attached hydrogens (tertiary/aromatic N) is 3. The van der Waals surface area contributed by atoms with Crippen LogP contribution in [0.4, 0.5) is 5.69 Å². The fourth-order valence-corrected chi connectivity index (χ4v) is 3.11. The van der Waals surface area contributed by atoms with Gasteiger partial charge >= 0.3 is 0 Å². The average molecular weight is 393 g/mol. The summed E-state index contributed by atoms with van der Waals surface area (Å²) in [5.41, 5.74) is 14.0. The molecule has 3 N–H and O–H groups in total. The first-order valence-electron chi connectivity index (χ1n) is 8.49. The van der Waals surface area contributed by atoms with E-state index in [-0.39, 0.29) is 10.8 Å². The third kappa shape index (κ3) is 4.07. The van der Waals surface area contributed by atoms with Gasteiger partial charge in [-0.3, -0.25) is 15.5 Å². The highest BCUT2D eigenvalue weighted by Crippen LogP contribution is 2.25. The van der Waals surface area contributed by atoms with E-state index < -0.39 is 4.92 Å². The Bertz CT molecular complexity index is 1050. The molecule has 2 aromatic carbocycles. The number of benzene rings is 2. The topological polar surface area (TPSA) is 98.5 Å². The largest absolute Gasteiger partial charge is 0.375 e. The van der Waals surface area contributed by atoms with E-state index in [2.05, 4.69) is 15.1 Å². The third-order valence-corrected chi connectivity index (χ3v) is 4.48. The number of thiocarbonyl (C=S) groups is 1. The summed E-state index contributed by atoms with van der Waals surface area (Å²) in [4.78, 5) is 10.4. The van der Waals surface area contributed by atoms with Crippen molar-refractivity contribution in [3.8, 4) is 16.8 Å². The molecule has 0 aliphatic rings. The van der Waals surface area contributed by atoms with Gasteiger partial charge in [0.1, 0.15) is 0 Å². The van der Waals surface area contributed by atoms with Crippen LogP contribution in [-0.2, 0) is 0 Å². The average Bonchev–Trinajstić information content (AvgIpc) is 2.95. The molecule has 0 bridgehead atoms. The van der Waals surface area contributed by atoms with E-state index in [1.54, 1.807) is 18.3 Å². The predicted octanol–water partition coefficient (Wildman–Crippen LogP) is 3.84. The minimum atomic E-state index is -0.401. The van der Waals surface area contributed by atoms with Gasteiger partial charge in [-0.15, -0.1) is 0 Å². The normalized spacial score (nSPS) is 10.9. The van der Waals surface area contributed by atoms with E-state index in [1.807, 2.05) is 44.2 Å². The maximum absolute atomic E-state index is 10.8. The second-order valence-electron chi connectivity index (χ2n) is 6.25. The number of nitrogens with one attached hydrogen (secondary N) is 1. The van der Waals surface area contributed by atoms with Crippen molar-refractivity contribution in [1.29, 1.82) is 0 Å². The van der Waals surface area contributed by atoms with Gasteiger partial charge in [-0.05, 0) is 67.5 Å². The molecule has 0 fully saturated rings. The van der Waals surface area contributed by atoms with Crippen molar-refractivity contribution >= 4 is 29.2 Å². The minimum absolute atomic E-state index is 0.0815. The molecule has 3 rings (SSSR count). The quantitative estimate of drug-likeness (QED) is 0.297. The number of nitro benzene ring substituents is 1. The lowest BCUT2D eigenvalue weighted by molar-refractivity contribution is -0.384. The van der Waals surface area contributed by atoms with Gasteiger partial charge in [0.15, 0.2) is 5.11 Å². The Hall–Kier alpha value is -3.52. The second-order valence-corrected chi connectivity index (χ2v) is 6.69. The maximum Gasteiger partial charge on any atom is 0.269 e. The fourth-order valence-electron chi connectivity index (χ4n) is 3.06. The van der Waals surface area contributed by atoms with Crippen LogP contribution in [0.2, 0.25) is 0 Å². The summed E-state index contributed by atoms with van der Waals surface area (Å²) < 4.78 is 2.13. The first-order valence-corrected chi connectivity index (χ1v) is 8.90. The van der Waals surface area contributed by atoms with Crippen molar-refractivity contribution in [3.05, 3.63) is 81.7 Å². The molecule has 3 aromatic rings. The van der Waals surface area contributed by atoms with Crippen LogP contribution in [0.3, 0.4) is 0 Å². The predicted molar refractivity (Wildman–Crippen MR) is 115 cm³/mol. The van der Waals surface area contributed by atoms with Crippen molar-refractivity contribution < 1.29 is 4.92 Å². The first-order chi connectivity index (χ1) is 13.4. The van der Waals surface area contributed by atoms with Crippen LogP contribution in [0.1, 0.15) is 17.0 Å². The van der Waals surface area contributed by atoms with Crippen LogP contribution in [0.15, 0.2) is 59.7 Å². The van der Waals surface area contributed by atoms with Crippen LogP contribution < -0.4 is 11.2 Å². The molecule has 0 saturated heterocycles. The Balaban J connectivity index is 1.87. The molecular weight excluding hydrogens is 374 g/mol. The summed E-state index contributed by atoms with van der Waals surface area (Å²) in [7, 11) is 0.